The molecular formula is C36H33N2O8S2+. The van der Waals surface area contributed by atoms with Crippen molar-refractivity contribution in [2.75, 3.05) is 19.0 Å². The van der Waals surface area contributed by atoms with Crippen molar-refractivity contribution in [1.29, 1.82) is 0 Å². The number of hydrogen-bond acceptors (Lipinski definition) is 9. The van der Waals surface area contributed by atoms with Crippen molar-refractivity contribution >= 4 is 66.6 Å². The first kappa shape index (κ1) is 32.3. The fourth-order valence-corrected chi connectivity index (χ4v) is 8.55. The molecular weight excluding hydrogens is 653 g/mol. The van der Waals surface area contributed by atoms with Crippen LogP contribution in [0.5, 0.6) is 0 Å². The summed E-state index contributed by atoms with van der Waals surface area (Å²) < 4.78 is 39.7. The van der Waals surface area contributed by atoms with Crippen LogP contribution in [-0.2, 0) is 35.1 Å². The first-order valence-corrected chi connectivity index (χ1v) is 17.3. The SMILES string of the molecule is CN1C(=CC2=C(O)C(=CC3=[N+](C)c4ccc5cc(SOOO)ccc5c4C3(C)C)C2=O)C(C)(C)c2c1ccc1cc(S(=O)(=O)O)ccc21. The van der Waals surface area contributed by atoms with Gasteiger partial charge in [0.15, 0.2) is 5.71 Å². The summed E-state index contributed by atoms with van der Waals surface area (Å²) in [6.07, 6.45) is 3.52. The van der Waals surface area contributed by atoms with Gasteiger partial charge in [0.25, 0.3) is 10.1 Å². The zero-order valence-corrected chi connectivity index (χ0v) is 28.7. The van der Waals surface area contributed by atoms with Crippen LogP contribution in [0.3, 0.4) is 0 Å². The Morgan fingerprint density at radius 3 is 2.25 bits per heavy atom. The van der Waals surface area contributed by atoms with Crippen LogP contribution in [0.2, 0.25) is 0 Å². The number of carbonyl (C=O) groups is 1. The molecule has 48 heavy (non-hydrogen) atoms. The molecule has 4 aromatic carbocycles. The Labute approximate surface area is 281 Å². The monoisotopic (exact) mass is 685 g/mol. The molecule has 0 atom stereocenters. The third-order valence-corrected chi connectivity index (χ3v) is 11.4. The quantitative estimate of drug-likeness (QED) is 0.0473. The topological polar surface area (TPSA) is 137 Å². The Kier molecular flexibility index (Phi) is 7.30. The molecule has 12 heteroatoms. The molecule has 2 aliphatic heterocycles. The minimum Gasteiger partial charge on any atom is -0.506 e. The van der Waals surface area contributed by atoms with Crippen molar-refractivity contribution in [3.8, 4) is 0 Å². The molecule has 1 aliphatic carbocycles. The number of benzene rings is 4. The van der Waals surface area contributed by atoms with Crippen molar-refractivity contribution in [3.63, 3.8) is 0 Å². The molecule has 2 heterocycles. The van der Waals surface area contributed by atoms with Gasteiger partial charge in [-0.05, 0) is 83.4 Å². The van der Waals surface area contributed by atoms with Crippen LogP contribution in [0.4, 0.5) is 11.4 Å². The van der Waals surface area contributed by atoms with E-state index in [1.807, 2.05) is 73.8 Å². The lowest BCUT2D eigenvalue weighted by Gasteiger charge is -2.27. The molecule has 3 N–H and O–H groups in total. The second kappa shape index (κ2) is 10.9. The minimum atomic E-state index is -4.36. The lowest BCUT2D eigenvalue weighted by molar-refractivity contribution is -0.432. The van der Waals surface area contributed by atoms with Gasteiger partial charge in [-0.15, -0.1) is 4.33 Å². The Morgan fingerprint density at radius 2 is 1.56 bits per heavy atom. The lowest BCUT2D eigenvalue weighted by atomic mass is 9.76. The summed E-state index contributed by atoms with van der Waals surface area (Å²) in [5.41, 5.74) is 4.97. The smallest absolute Gasteiger partial charge is 0.294 e. The van der Waals surface area contributed by atoms with E-state index in [0.29, 0.717) is 5.39 Å². The number of fused-ring (bicyclic) bond motifs is 6. The van der Waals surface area contributed by atoms with Crippen molar-refractivity contribution < 1.29 is 42.1 Å². The minimum absolute atomic E-state index is 0.0689. The second-order valence-corrected chi connectivity index (χ2v) is 15.5. The average molecular weight is 686 g/mol. The number of hydrogen-bond donors (Lipinski definition) is 3. The zero-order chi connectivity index (χ0) is 34.5. The van der Waals surface area contributed by atoms with Crippen molar-refractivity contribution in [3.05, 3.63) is 107 Å². The number of Topliss-reactive ketones (excluding diaryl/α,β-unsaturated/α-hetero) is 1. The van der Waals surface area contributed by atoms with Gasteiger partial charge in [-0.25, -0.2) is 5.26 Å². The van der Waals surface area contributed by atoms with E-state index in [-0.39, 0.29) is 27.6 Å². The van der Waals surface area contributed by atoms with Crippen LogP contribution in [0, 0.1) is 0 Å². The van der Waals surface area contributed by atoms with Gasteiger partial charge in [-0.2, -0.15) is 13.0 Å². The van der Waals surface area contributed by atoms with Gasteiger partial charge in [0.05, 0.1) is 33.5 Å². The zero-order valence-electron chi connectivity index (χ0n) is 27.0. The molecule has 0 saturated heterocycles. The number of rotatable bonds is 6. The predicted octanol–water partition coefficient (Wildman–Crippen LogP) is 7.31. The molecule has 10 nitrogen and oxygen atoms in total. The fourth-order valence-electron chi connectivity index (χ4n) is 7.62. The molecule has 0 saturated carbocycles. The maximum Gasteiger partial charge on any atom is 0.294 e. The largest absolute Gasteiger partial charge is 0.506 e. The third kappa shape index (κ3) is 4.66. The molecule has 246 valence electrons. The van der Waals surface area contributed by atoms with Gasteiger partial charge in [-0.1, -0.05) is 37.1 Å². The highest BCUT2D eigenvalue weighted by Gasteiger charge is 2.47. The first-order valence-electron chi connectivity index (χ1n) is 15.1. The van der Waals surface area contributed by atoms with E-state index >= 15 is 0 Å². The Bertz CT molecular complexity index is 2370. The number of anilines is 1. The Morgan fingerprint density at radius 1 is 0.896 bits per heavy atom. The summed E-state index contributed by atoms with van der Waals surface area (Å²) in [5.74, 6) is -0.325. The average Bonchev–Trinajstić information content (AvgIpc) is 3.36. The highest BCUT2D eigenvalue weighted by molar-refractivity contribution is 7.94. The molecule has 0 radical (unpaired) electrons. The van der Waals surface area contributed by atoms with E-state index in [0.717, 1.165) is 67.0 Å². The molecule has 0 aromatic heterocycles. The first-order chi connectivity index (χ1) is 22.6. The van der Waals surface area contributed by atoms with Crippen molar-refractivity contribution in [2.24, 2.45) is 0 Å². The normalized spacial score (nSPS) is 20.0. The van der Waals surface area contributed by atoms with E-state index in [1.54, 1.807) is 24.3 Å². The lowest BCUT2D eigenvalue weighted by Crippen LogP contribution is -2.31. The number of allylic oxidation sites excluding steroid dienone is 5. The second-order valence-electron chi connectivity index (χ2n) is 13.3. The van der Waals surface area contributed by atoms with Crippen LogP contribution in [0.25, 0.3) is 21.5 Å². The highest BCUT2D eigenvalue weighted by Crippen LogP contribution is 2.51. The molecule has 0 amide bonds. The molecule has 0 fully saturated rings. The maximum atomic E-state index is 13.7. The maximum absolute atomic E-state index is 13.7. The Hall–Kier alpha value is -4.30. The number of carbonyl (C=O) groups excluding carboxylic acids is 1. The van der Waals surface area contributed by atoms with Gasteiger partial charge >= 0.3 is 0 Å². The van der Waals surface area contributed by atoms with Gasteiger partial charge in [0.2, 0.25) is 11.5 Å². The number of nitrogens with zero attached hydrogens (tertiary/aromatic N) is 2. The number of aliphatic hydroxyl groups is 1. The summed E-state index contributed by atoms with van der Waals surface area (Å²) in [5, 5.41) is 27.1. The van der Waals surface area contributed by atoms with Crippen LogP contribution >= 0.6 is 12.0 Å². The van der Waals surface area contributed by atoms with Crippen molar-refractivity contribution in [1.82, 2.24) is 0 Å². The van der Waals surface area contributed by atoms with E-state index < -0.39 is 20.9 Å². The van der Waals surface area contributed by atoms with Gasteiger partial charge in [-0.3, -0.25) is 9.35 Å². The Balaban J connectivity index is 1.25. The van der Waals surface area contributed by atoms with E-state index in [1.165, 1.54) is 12.1 Å². The number of ketones is 1. The van der Waals surface area contributed by atoms with E-state index in [2.05, 4.69) is 23.2 Å². The standard InChI is InChI=1S/C36H32N2O8S2/c1-35(2)29(37(5)27-13-7-19-15-21(47-46-45-41)9-11-23(19)31(27)35)17-25-33(39)26(34(25)40)18-30-36(3,4)32-24-12-10-22(48(42,43)44)16-20(24)8-14-28(32)38(30)6/h7-18H,1-6H3,(H2-,39,40,41,42,43,44)/p+1. The number of likely N-dealkylation sites (N-methyl/N-ethyl adjacent to an activating group) is 1. The summed E-state index contributed by atoms with van der Waals surface area (Å²) >= 11 is 0.895. The van der Waals surface area contributed by atoms with Gasteiger partial charge < -0.3 is 10.0 Å². The molecule has 0 unspecified atom stereocenters. The van der Waals surface area contributed by atoms with Crippen LogP contribution in [0.15, 0.2) is 105 Å². The molecule has 4 aromatic rings. The van der Waals surface area contributed by atoms with Crippen LogP contribution in [-0.4, -0.2) is 53.5 Å². The summed E-state index contributed by atoms with van der Waals surface area (Å²) in [4.78, 5) is 16.3. The predicted molar refractivity (Wildman–Crippen MR) is 185 cm³/mol. The van der Waals surface area contributed by atoms with Crippen LogP contribution in [0.1, 0.15) is 38.8 Å². The van der Waals surface area contributed by atoms with Gasteiger partial charge in [0.1, 0.15) is 12.8 Å². The molecule has 0 spiro atoms. The number of aliphatic hydroxyl groups excluding tert-OH is 1. The van der Waals surface area contributed by atoms with E-state index in [4.69, 9.17) is 5.26 Å². The molecule has 7 rings (SSSR count). The fraction of sp³-hybridized carbons (Fsp3) is 0.222. The summed E-state index contributed by atoms with van der Waals surface area (Å²) in [6, 6.07) is 18.1. The molecule has 3 aliphatic rings. The van der Waals surface area contributed by atoms with Crippen molar-refractivity contribution in [2.45, 2.75) is 48.3 Å². The highest BCUT2D eigenvalue weighted by atomic mass is 32.2. The summed E-state index contributed by atoms with van der Waals surface area (Å²) in [7, 11) is -0.506. The van der Waals surface area contributed by atoms with Crippen LogP contribution < -0.4 is 4.90 Å². The molecule has 0 bridgehead atoms. The van der Waals surface area contributed by atoms with Gasteiger partial charge in [0, 0.05) is 46.4 Å². The summed E-state index contributed by atoms with van der Waals surface area (Å²) in [6.45, 7) is 8.24. The van der Waals surface area contributed by atoms with E-state index in [9.17, 15) is 22.9 Å². The third-order valence-electron chi connectivity index (χ3n) is 9.93.